The number of nitrogens with zero attached hydrogens (tertiary/aromatic N) is 1. The van der Waals surface area contributed by atoms with Crippen molar-refractivity contribution in [3.8, 4) is 0 Å². The summed E-state index contributed by atoms with van der Waals surface area (Å²) in [5.41, 5.74) is -0.517. The number of nitrogens with one attached hydrogen (secondary N) is 2. The second-order valence-electron chi connectivity index (χ2n) is 4.66. The molecule has 1 aliphatic rings. The lowest BCUT2D eigenvalue weighted by atomic mass is 9.74. The number of hydrogen-bond acceptors (Lipinski definition) is 3. The Morgan fingerprint density at radius 1 is 1.41 bits per heavy atom. The molecule has 6 nitrogen and oxygen atoms in total. The first-order valence-corrected chi connectivity index (χ1v) is 5.89. The number of likely N-dealkylation sites (N-methyl/N-ethyl adjacent to an activating group) is 2. The van der Waals surface area contributed by atoms with Crippen LogP contribution < -0.4 is 10.6 Å². The van der Waals surface area contributed by atoms with Crippen molar-refractivity contribution in [3.05, 3.63) is 0 Å². The summed E-state index contributed by atoms with van der Waals surface area (Å²) in [6, 6.07) is -0.193. The van der Waals surface area contributed by atoms with Gasteiger partial charge in [-0.15, -0.1) is 0 Å². The molecule has 0 radical (unpaired) electrons. The van der Waals surface area contributed by atoms with Crippen LogP contribution in [0.4, 0.5) is 4.79 Å². The molecule has 98 valence electrons. The zero-order valence-corrected chi connectivity index (χ0v) is 10.5. The highest BCUT2D eigenvalue weighted by Crippen LogP contribution is 2.34. The van der Waals surface area contributed by atoms with Crippen molar-refractivity contribution >= 4 is 12.0 Å². The number of carbonyl (C=O) groups is 2. The quantitative estimate of drug-likeness (QED) is 0.624. The topological polar surface area (TPSA) is 81.7 Å². The molecule has 1 fully saturated rings. The Labute approximate surface area is 101 Å². The molecule has 0 aromatic carbocycles. The smallest absolute Gasteiger partial charge is 0.317 e. The molecule has 0 aromatic heterocycles. The summed E-state index contributed by atoms with van der Waals surface area (Å²) < 4.78 is 0. The van der Waals surface area contributed by atoms with Crippen LogP contribution >= 0.6 is 0 Å². The molecule has 3 N–H and O–H groups in total. The minimum absolute atomic E-state index is 0.0125. The van der Waals surface area contributed by atoms with Gasteiger partial charge in [-0.05, 0) is 26.3 Å². The third-order valence-corrected chi connectivity index (χ3v) is 3.22. The highest BCUT2D eigenvalue weighted by atomic mass is 16.4. The highest BCUT2D eigenvalue weighted by molar-refractivity contribution is 5.77. The van der Waals surface area contributed by atoms with E-state index in [1.165, 1.54) is 0 Å². The third kappa shape index (κ3) is 3.89. The lowest BCUT2D eigenvalue weighted by molar-refractivity contribution is -0.139. The zero-order chi connectivity index (χ0) is 12.9. The van der Waals surface area contributed by atoms with Crippen molar-refractivity contribution in [2.24, 2.45) is 0 Å². The average molecular weight is 243 g/mol. The molecule has 0 saturated heterocycles. The van der Waals surface area contributed by atoms with E-state index < -0.39 is 11.5 Å². The van der Waals surface area contributed by atoms with E-state index >= 15 is 0 Å². The van der Waals surface area contributed by atoms with Gasteiger partial charge in [0.05, 0.1) is 12.0 Å². The molecule has 1 saturated carbocycles. The number of urea groups is 1. The van der Waals surface area contributed by atoms with Crippen LogP contribution in [0.2, 0.25) is 0 Å². The summed E-state index contributed by atoms with van der Waals surface area (Å²) in [5, 5.41) is 14.6. The lowest BCUT2D eigenvalue weighted by Gasteiger charge is -2.42. The first-order chi connectivity index (χ1) is 7.99. The number of carbonyl (C=O) groups excluding carboxylic acids is 1. The maximum atomic E-state index is 11.8. The monoisotopic (exact) mass is 243 g/mol. The van der Waals surface area contributed by atoms with Crippen LogP contribution in [0, 0.1) is 0 Å². The Morgan fingerprint density at radius 2 is 2.06 bits per heavy atom. The van der Waals surface area contributed by atoms with Gasteiger partial charge in [-0.25, -0.2) is 4.79 Å². The van der Waals surface area contributed by atoms with Crippen LogP contribution in [0.5, 0.6) is 0 Å². The maximum Gasteiger partial charge on any atom is 0.317 e. The molecule has 0 aromatic rings. The fourth-order valence-corrected chi connectivity index (χ4v) is 1.94. The normalized spacial score (nSPS) is 17.1. The Hall–Kier alpha value is -1.30. The van der Waals surface area contributed by atoms with Crippen molar-refractivity contribution in [2.45, 2.75) is 31.2 Å². The van der Waals surface area contributed by atoms with E-state index in [-0.39, 0.29) is 12.5 Å². The lowest BCUT2D eigenvalue weighted by Crippen LogP contribution is -2.57. The molecule has 17 heavy (non-hydrogen) atoms. The number of carboxylic acid groups (broad SMARTS) is 1. The second-order valence-corrected chi connectivity index (χ2v) is 4.66. The van der Waals surface area contributed by atoms with Gasteiger partial charge < -0.3 is 20.6 Å². The van der Waals surface area contributed by atoms with Gasteiger partial charge in [-0.2, -0.15) is 0 Å². The first kappa shape index (κ1) is 13.8. The molecule has 2 amide bonds. The van der Waals surface area contributed by atoms with Crippen molar-refractivity contribution in [1.82, 2.24) is 15.5 Å². The molecular formula is C11H21N3O3. The number of rotatable bonds is 6. The van der Waals surface area contributed by atoms with Gasteiger partial charge in [0.1, 0.15) is 0 Å². The SMILES string of the molecule is CNCCN(C)C(=O)NC1(CC(=O)O)CCC1. The van der Waals surface area contributed by atoms with Crippen LogP contribution in [-0.4, -0.2) is 54.7 Å². The van der Waals surface area contributed by atoms with Crippen molar-refractivity contribution in [1.29, 1.82) is 0 Å². The molecule has 1 rings (SSSR count). The molecule has 0 aliphatic heterocycles. The van der Waals surface area contributed by atoms with Crippen LogP contribution in [0.1, 0.15) is 25.7 Å². The predicted molar refractivity (Wildman–Crippen MR) is 63.9 cm³/mol. The van der Waals surface area contributed by atoms with E-state index in [9.17, 15) is 9.59 Å². The standard InChI is InChI=1S/C11H21N3O3/c1-12-6-7-14(2)10(17)13-11(4-3-5-11)8-9(15)16/h12H,3-8H2,1-2H3,(H,13,17)(H,15,16). The third-order valence-electron chi connectivity index (χ3n) is 3.22. The van der Waals surface area contributed by atoms with Gasteiger partial charge in [-0.3, -0.25) is 4.79 Å². The summed E-state index contributed by atoms with van der Waals surface area (Å²) in [6.07, 6.45) is 2.50. The van der Waals surface area contributed by atoms with Crippen molar-refractivity contribution in [3.63, 3.8) is 0 Å². The van der Waals surface area contributed by atoms with Gasteiger partial charge in [0.25, 0.3) is 0 Å². The second kappa shape index (κ2) is 5.86. The summed E-state index contributed by atoms with van der Waals surface area (Å²) in [6.45, 7) is 1.32. The van der Waals surface area contributed by atoms with Gasteiger partial charge in [0.15, 0.2) is 0 Å². The van der Waals surface area contributed by atoms with Crippen LogP contribution in [-0.2, 0) is 4.79 Å². The van der Waals surface area contributed by atoms with Gasteiger partial charge in [0.2, 0.25) is 0 Å². The maximum absolute atomic E-state index is 11.8. The summed E-state index contributed by atoms with van der Waals surface area (Å²) in [5.74, 6) is -0.858. The Balaban J connectivity index is 2.45. The molecule has 0 spiro atoms. The van der Waals surface area contributed by atoms with Gasteiger partial charge >= 0.3 is 12.0 Å². The molecule has 0 bridgehead atoms. The number of hydrogen-bond donors (Lipinski definition) is 3. The van der Waals surface area contributed by atoms with E-state index in [1.54, 1.807) is 11.9 Å². The molecule has 0 heterocycles. The molecule has 1 aliphatic carbocycles. The molecule has 0 unspecified atom stereocenters. The van der Waals surface area contributed by atoms with E-state index in [0.717, 1.165) is 25.8 Å². The summed E-state index contributed by atoms with van der Waals surface area (Å²) in [7, 11) is 3.53. The first-order valence-electron chi connectivity index (χ1n) is 5.89. The number of aliphatic carboxylic acids is 1. The highest BCUT2D eigenvalue weighted by Gasteiger charge is 2.40. The van der Waals surface area contributed by atoms with E-state index in [0.29, 0.717) is 6.54 Å². The minimum atomic E-state index is -0.858. The fraction of sp³-hybridized carbons (Fsp3) is 0.818. The van der Waals surface area contributed by atoms with E-state index in [1.807, 2.05) is 7.05 Å². The van der Waals surface area contributed by atoms with Crippen LogP contribution in [0.3, 0.4) is 0 Å². The Morgan fingerprint density at radius 3 is 2.47 bits per heavy atom. The fourth-order valence-electron chi connectivity index (χ4n) is 1.94. The van der Waals surface area contributed by atoms with Crippen LogP contribution in [0.25, 0.3) is 0 Å². The van der Waals surface area contributed by atoms with Crippen molar-refractivity contribution in [2.75, 3.05) is 27.2 Å². The molecular weight excluding hydrogens is 222 g/mol. The Kier molecular flexibility index (Phi) is 4.74. The minimum Gasteiger partial charge on any atom is -0.481 e. The van der Waals surface area contributed by atoms with E-state index in [2.05, 4.69) is 10.6 Å². The number of carboxylic acids is 1. The average Bonchev–Trinajstić information content (AvgIpc) is 2.21. The molecule has 6 heteroatoms. The molecule has 0 atom stereocenters. The number of amides is 2. The predicted octanol–water partition coefficient (Wildman–Crippen LogP) is 0.245. The summed E-state index contributed by atoms with van der Waals surface area (Å²) in [4.78, 5) is 24.2. The van der Waals surface area contributed by atoms with Crippen molar-refractivity contribution < 1.29 is 14.7 Å². The van der Waals surface area contributed by atoms with Crippen LogP contribution in [0.15, 0.2) is 0 Å². The van der Waals surface area contributed by atoms with Gasteiger partial charge in [-0.1, -0.05) is 0 Å². The Bertz CT molecular complexity index is 290. The zero-order valence-electron chi connectivity index (χ0n) is 10.5. The van der Waals surface area contributed by atoms with Gasteiger partial charge in [0, 0.05) is 20.1 Å². The largest absolute Gasteiger partial charge is 0.481 e. The van der Waals surface area contributed by atoms with E-state index in [4.69, 9.17) is 5.11 Å². The summed E-state index contributed by atoms with van der Waals surface area (Å²) >= 11 is 0.